The van der Waals surface area contributed by atoms with Crippen LogP contribution in [0.2, 0.25) is 0 Å². The van der Waals surface area contributed by atoms with Crippen LogP contribution in [0.3, 0.4) is 0 Å². The number of carbonyl (C=O) groups is 2. The minimum absolute atomic E-state index is 0.00104. The molecule has 1 saturated carbocycles. The highest BCUT2D eigenvalue weighted by Gasteiger charge is 2.32. The Hall–Kier alpha value is -4.22. The van der Waals surface area contributed by atoms with Crippen LogP contribution in [0.25, 0.3) is 11.1 Å². The number of anilines is 3. The Labute approximate surface area is 244 Å². The van der Waals surface area contributed by atoms with Gasteiger partial charge >= 0.3 is 18.2 Å². The van der Waals surface area contributed by atoms with Crippen LogP contribution in [0, 0.1) is 23.4 Å². The molecular formula is C31H31F6N3O3. The molecule has 12 heteroatoms. The number of hydrogen-bond donors (Lipinski definition) is 3. The van der Waals surface area contributed by atoms with Crippen molar-refractivity contribution in [1.29, 1.82) is 0 Å². The molecule has 0 atom stereocenters. The van der Waals surface area contributed by atoms with Gasteiger partial charge in [-0.25, -0.2) is 22.8 Å². The number of hydrogen-bond acceptors (Lipinski definition) is 3. The summed E-state index contributed by atoms with van der Waals surface area (Å²) in [5.41, 5.74) is -2.40. The van der Waals surface area contributed by atoms with E-state index >= 15 is 4.39 Å². The van der Waals surface area contributed by atoms with Crippen LogP contribution in [0.4, 0.5) is 48.2 Å². The Balaban J connectivity index is 1.80. The fraction of sp³-hybridized carbons (Fsp3) is 0.355. The molecule has 1 fully saturated rings. The van der Waals surface area contributed by atoms with Crippen LogP contribution in [0.15, 0.2) is 48.5 Å². The molecule has 0 aromatic heterocycles. The molecule has 0 spiro atoms. The van der Waals surface area contributed by atoms with E-state index in [9.17, 15) is 36.6 Å². The van der Waals surface area contributed by atoms with E-state index in [-0.39, 0.29) is 46.1 Å². The van der Waals surface area contributed by atoms with Gasteiger partial charge in [0, 0.05) is 23.7 Å². The SMILES string of the molecule is CC(C)CN(c1cc(F)c(-c2cc(F)ccc2C(=O)O)cc1NC(=O)Nc1ccc(C(F)(F)F)cc1F)C1CCCCC1. The minimum atomic E-state index is -4.79. The van der Waals surface area contributed by atoms with Gasteiger partial charge in [-0.05, 0) is 67.3 Å². The van der Waals surface area contributed by atoms with Crippen molar-refractivity contribution in [3.63, 3.8) is 0 Å². The van der Waals surface area contributed by atoms with Crippen molar-refractivity contribution >= 4 is 29.1 Å². The lowest BCUT2D eigenvalue weighted by Crippen LogP contribution is -2.40. The first-order valence-corrected chi connectivity index (χ1v) is 13.8. The Morgan fingerprint density at radius 3 is 2.16 bits per heavy atom. The largest absolute Gasteiger partial charge is 0.478 e. The third kappa shape index (κ3) is 7.60. The highest BCUT2D eigenvalue weighted by Crippen LogP contribution is 2.39. The van der Waals surface area contributed by atoms with Crippen molar-refractivity contribution in [3.05, 3.63) is 77.1 Å². The van der Waals surface area contributed by atoms with Crippen molar-refractivity contribution in [2.24, 2.45) is 5.92 Å². The van der Waals surface area contributed by atoms with Gasteiger partial charge in [-0.2, -0.15) is 13.2 Å². The summed E-state index contributed by atoms with van der Waals surface area (Å²) in [5.74, 6) is -4.29. The Kier molecular flexibility index (Phi) is 9.56. The van der Waals surface area contributed by atoms with E-state index < -0.39 is 46.9 Å². The predicted octanol–water partition coefficient (Wildman–Crippen LogP) is 8.93. The van der Waals surface area contributed by atoms with E-state index in [0.717, 1.165) is 62.4 Å². The average molecular weight is 608 g/mol. The second kappa shape index (κ2) is 13.0. The summed E-state index contributed by atoms with van der Waals surface area (Å²) in [5, 5.41) is 14.4. The van der Waals surface area contributed by atoms with Gasteiger partial charge in [-0.15, -0.1) is 0 Å². The lowest BCUT2D eigenvalue weighted by Gasteiger charge is -2.38. The molecule has 0 saturated heterocycles. The number of urea groups is 1. The zero-order chi connectivity index (χ0) is 31.5. The smallest absolute Gasteiger partial charge is 0.416 e. The summed E-state index contributed by atoms with van der Waals surface area (Å²) in [6.07, 6.45) is -0.227. The van der Waals surface area contributed by atoms with Crippen LogP contribution in [-0.4, -0.2) is 29.7 Å². The number of aromatic carboxylic acids is 1. The molecule has 0 bridgehead atoms. The van der Waals surface area contributed by atoms with Crippen LogP contribution >= 0.6 is 0 Å². The molecule has 0 aliphatic heterocycles. The first-order chi connectivity index (χ1) is 20.2. The molecule has 1 aliphatic rings. The summed E-state index contributed by atoms with van der Waals surface area (Å²) in [6, 6.07) is 5.74. The quantitative estimate of drug-likeness (QED) is 0.223. The van der Waals surface area contributed by atoms with E-state index in [0.29, 0.717) is 12.6 Å². The van der Waals surface area contributed by atoms with Gasteiger partial charge in [-0.3, -0.25) is 0 Å². The Morgan fingerprint density at radius 1 is 0.884 bits per heavy atom. The number of nitrogens with one attached hydrogen (secondary N) is 2. The number of alkyl halides is 3. The van der Waals surface area contributed by atoms with Gasteiger partial charge in [0.1, 0.15) is 17.5 Å². The number of rotatable bonds is 8. The molecule has 2 amide bonds. The van der Waals surface area contributed by atoms with Gasteiger partial charge < -0.3 is 20.6 Å². The maximum Gasteiger partial charge on any atom is 0.416 e. The molecule has 3 aromatic carbocycles. The van der Waals surface area contributed by atoms with Crippen molar-refractivity contribution in [1.82, 2.24) is 0 Å². The highest BCUT2D eigenvalue weighted by atomic mass is 19.4. The minimum Gasteiger partial charge on any atom is -0.478 e. The van der Waals surface area contributed by atoms with Gasteiger partial charge in [-0.1, -0.05) is 33.1 Å². The lowest BCUT2D eigenvalue weighted by molar-refractivity contribution is -0.137. The van der Waals surface area contributed by atoms with E-state index in [1.54, 1.807) is 0 Å². The molecular weight excluding hydrogens is 576 g/mol. The molecule has 0 heterocycles. The molecule has 3 aromatic rings. The predicted molar refractivity (Wildman–Crippen MR) is 152 cm³/mol. The molecule has 43 heavy (non-hydrogen) atoms. The van der Waals surface area contributed by atoms with Crippen molar-refractivity contribution in [2.45, 2.75) is 58.2 Å². The third-order valence-electron chi connectivity index (χ3n) is 7.27. The van der Waals surface area contributed by atoms with Crippen LogP contribution < -0.4 is 15.5 Å². The molecule has 0 unspecified atom stereocenters. The summed E-state index contributed by atoms with van der Waals surface area (Å²) in [4.78, 5) is 26.9. The maximum absolute atomic E-state index is 15.8. The molecule has 6 nitrogen and oxygen atoms in total. The summed E-state index contributed by atoms with van der Waals surface area (Å²) in [7, 11) is 0. The standard InChI is InChI=1S/C31H31F6N3O3/c1-17(2)16-40(20-6-4-3-5-7-20)28-15-24(33)23(22-13-19(32)9-10-21(22)29(41)42)14-27(28)39-30(43)38-26-11-8-18(12-25(26)34)31(35,36)37/h8-15,17,20H,3-7,16H2,1-2H3,(H,41,42)(H2,38,39,43). The number of carboxylic acid groups (broad SMARTS) is 1. The number of nitrogens with zero attached hydrogens (tertiary/aromatic N) is 1. The molecule has 1 aliphatic carbocycles. The number of halogens is 6. The van der Waals surface area contributed by atoms with Crippen molar-refractivity contribution in [3.8, 4) is 11.1 Å². The zero-order valence-electron chi connectivity index (χ0n) is 23.5. The van der Waals surface area contributed by atoms with E-state index in [1.165, 1.54) is 6.07 Å². The van der Waals surface area contributed by atoms with Crippen LogP contribution in [0.5, 0.6) is 0 Å². The van der Waals surface area contributed by atoms with Crippen LogP contribution in [0.1, 0.15) is 61.9 Å². The molecule has 3 N–H and O–H groups in total. The van der Waals surface area contributed by atoms with E-state index in [1.807, 2.05) is 18.7 Å². The average Bonchev–Trinajstić information content (AvgIpc) is 2.93. The topological polar surface area (TPSA) is 81.7 Å². The molecule has 0 radical (unpaired) electrons. The summed E-state index contributed by atoms with van der Waals surface area (Å²) in [6.45, 7) is 4.42. The normalized spacial score (nSPS) is 14.1. The van der Waals surface area contributed by atoms with Gasteiger partial charge in [0.2, 0.25) is 0 Å². The second-order valence-electron chi connectivity index (χ2n) is 11.0. The fourth-order valence-electron chi connectivity index (χ4n) is 5.33. The van der Waals surface area contributed by atoms with Crippen LogP contribution in [-0.2, 0) is 6.18 Å². The van der Waals surface area contributed by atoms with Gasteiger partial charge in [0.05, 0.1) is 28.2 Å². The van der Waals surface area contributed by atoms with Gasteiger partial charge in [0.25, 0.3) is 0 Å². The third-order valence-corrected chi connectivity index (χ3v) is 7.27. The fourth-order valence-corrected chi connectivity index (χ4v) is 5.33. The first-order valence-electron chi connectivity index (χ1n) is 13.8. The highest BCUT2D eigenvalue weighted by molar-refractivity contribution is 6.03. The maximum atomic E-state index is 15.8. The Bertz CT molecular complexity index is 1500. The van der Waals surface area contributed by atoms with E-state index in [2.05, 4.69) is 10.6 Å². The van der Waals surface area contributed by atoms with Crippen molar-refractivity contribution in [2.75, 3.05) is 22.1 Å². The lowest BCUT2D eigenvalue weighted by atomic mass is 9.92. The number of carboxylic acids is 1. The molecule has 4 rings (SSSR count). The second-order valence-corrected chi connectivity index (χ2v) is 11.0. The van der Waals surface area contributed by atoms with E-state index in [4.69, 9.17) is 0 Å². The monoisotopic (exact) mass is 607 g/mol. The number of benzene rings is 3. The molecule has 230 valence electrons. The van der Waals surface area contributed by atoms with Crippen molar-refractivity contribution < 1.29 is 41.0 Å². The Morgan fingerprint density at radius 2 is 1.56 bits per heavy atom. The first kappa shape index (κ1) is 31.7. The summed E-state index contributed by atoms with van der Waals surface area (Å²) >= 11 is 0. The number of amides is 2. The zero-order valence-corrected chi connectivity index (χ0v) is 23.5. The number of carbonyl (C=O) groups excluding carboxylic acids is 1. The van der Waals surface area contributed by atoms with Gasteiger partial charge in [0.15, 0.2) is 0 Å². The summed E-state index contributed by atoms with van der Waals surface area (Å²) < 4.78 is 83.4.